The summed E-state index contributed by atoms with van der Waals surface area (Å²) in [6, 6.07) is 2.33. The van der Waals surface area contributed by atoms with Gasteiger partial charge in [-0.1, -0.05) is 0 Å². The van der Waals surface area contributed by atoms with Crippen molar-refractivity contribution in [2.24, 2.45) is 0 Å². The highest BCUT2D eigenvalue weighted by atomic mass is 32.1. The molecule has 1 amide bonds. The first-order chi connectivity index (χ1) is 9.20. The fraction of sp³-hybridized carbons (Fsp3) is 0.643. The third kappa shape index (κ3) is 2.30. The number of nitrogens with zero attached hydrogens (tertiary/aromatic N) is 1. The SMILES string of the molecule is CCOC1CC(N2C(=O)C(C)NC2c2ccsc2)C1. The van der Waals surface area contributed by atoms with Crippen LogP contribution in [0.4, 0.5) is 0 Å². The molecule has 4 nitrogen and oxygen atoms in total. The Morgan fingerprint density at radius 2 is 2.32 bits per heavy atom. The second-order valence-electron chi connectivity index (χ2n) is 5.30. The minimum absolute atomic E-state index is 0.0429. The van der Waals surface area contributed by atoms with Crippen molar-refractivity contribution < 1.29 is 9.53 Å². The van der Waals surface area contributed by atoms with Gasteiger partial charge >= 0.3 is 0 Å². The van der Waals surface area contributed by atoms with Crippen LogP contribution in [0.25, 0.3) is 0 Å². The molecule has 0 aromatic carbocycles. The first kappa shape index (κ1) is 13.1. The summed E-state index contributed by atoms with van der Waals surface area (Å²) in [4.78, 5) is 14.4. The van der Waals surface area contributed by atoms with Gasteiger partial charge in [0.05, 0.1) is 12.1 Å². The van der Waals surface area contributed by atoms with Gasteiger partial charge in [0.1, 0.15) is 6.17 Å². The Morgan fingerprint density at radius 3 is 2.95 bits per heavy atom. The van der Waals surface area contributed by atoms with Gasteiger partial charge in [-0.05, 0) is 49.1 Å². The molecule has 0 spiro atoms. The maximum atomic E-state index is 12.3. The molecule has 0 bridgehead atoms. The van der Waals surface area contributed by atoms with Crippen LogP contribution < -0.4 is 5.32 Å². The molecule has 1 saturated heterocycles. The second kappa shape index (κ2) is 5.23. The average molecular weight is 280 g/mol. The van der Waals surface area contributed by atoms with E-state index in [-0.39, 0.29) is 18.1 Å². The molecule has 2 aliphatic rings. The fourth-order valence-corrected chi connectivity index (χ4v) is 3.63. The predicted molar refractivity (Wildman–Crippen MR) is 74.9 cm³/mol. The minimum Gasteiger partial charge on any atom is -0.378 e. The van der Waals surface area contributed by atoms with Crippen molar-refractivity contribution >= 4 is 17.2 Å². The summed E-state index contributed by atoms with van der Waals surface area (Å²) in [5.74, 6) is 0.219. The van der Waals surface area contributed by atoms with Crippen molar-refractivity contribution in [3.05, 3.63) is 22.4 Å². The van der Waals surface area contributed by atoms with E-state index in [0.29, 0.717) is 12.1 Å². The van der Waals surface area contributed by atoms with Crippen LogP contribution in [-0.2, 0) is 9.53 Å². The van der Waals surface area contributed by atoms with E-state index < -0.39 is 0 Å². The van der Waals surface area contributed by atoms with Gasteiger partial charge in [-0.25, -0.2) is 0 Å². The Kier molecular flexibility index (Phi) is 3.60. The summed E-state index contributed by atoms with van der Waals surface area (Å²) >= 11 is 1.67. The lowest BCUT2D eigenvalue weighted by atomic mass is 9.87. The molecule has 1 aliphatic heterocycles. The van der Waals surface area contributed by atoms with Crippen molar-refractivity contribution in [2.45, 2.75) is 51.0 Å². The van der Waals surface area contributed by atoms with E-state index in [1.807, 2.05) is 18.7 Å². The fourth-order valence-electron chi connectivity index (χ4n) is 2.95. The van der Waals surface area contributed by atoms with Gasteiger partial charge < -0.3 is 9.64 Å². The molecule has 1 aromatic rings. The summed E-state index contributed by atoms with van der Waals surface area (Å²) in [5, 5.41) is 7.58. The van der Waals surface area contributed by atoms with Crippen molar-refractivity contribution in [3.8, 4) is 0 Å². The maximum absolute atomic E-state index is 12.3. The third-order valence-electron chi connectivity index (χ3n) is 4.04. The van der Waals surface area contributed by atoms with Crippen molar-refractivity contribution in [1.29, 1.82) is 0 Å². The van der Waals surface area contributed by atoms with Crippen LogP contribution in [0.15, 0.2) is 16.8 Å². The zero-order valence-corrected chi connectivity index (χ0v) is 12.2. The Hall–Kier alpha value is -0.910. The summed E-state index contributed by atoms with van der Waals surface area (Å²) in [6.45, 7) is 4.72. The van der Waals surface area contributed by atoms with Gasteiger partial charge in [0.15, 0.2) is 0 Å². The van der Waals surface area contributed by atoms with Gasteiger partial charge in [0, 0.05) is 12.6 Å². The number of nitrogens with one attached hydrogen (secondary N) is 1. The van der Waals surface area contributed by atoms with Crippen LogP contribution in [-0.4, -0.2) is 35.6 Å². The largest absolute Gasteiger partial charge is 0.378 e. The van der Waals surface area contributed by atoms with Crippen molar-refractivity contribution in [1.82, 2.24) is 10.2 Å². The minimum atomic E-state index is -0.0870. The van der Waals surface area contributed by atoms with Gasteiger partial charge in [0.25, 0.3) is 0 Å². The molecular weight excluding hydrogens is 260 g/mol. The van der Waals surface area contributed by atoms with Gasteiger partial charge in [-0.3, -0.25) is 10.1 Å². The summed E-state index contributed by atoms with van der Waals surface area (Å²) in [5.41, 5.74) is 1.20. The number of carbonyl (C=O) groups is 1. The molecule has 0 radical (unpaired) electrons. The first-order valence-electron chi connectivity index (χ1n) is 6.92. The highest BCUT2D eigenvalue weighted by molar-refractivity contribution is 7.07. The monoisotopic (exact) mass is 280 g/mol. The molecule has 2 unspecified atom stereocenters. The average Bonchev–Trinajstić information content (AvgIpc) is 2.95. The van der Waals surface area contributed by atoms with E-state index in [9.17, 15) is 4.79 Å². The zero-order valence-electron chi connectivity index (χ0n) is 11.3. The van der Waals surface area contributed by atoms with Gasteiger partial charge in [0.2, 0.25) is 5.91 Å². The molecule has 5 heteroatoms. The topological polar surface area (TPSA) is 41.6 Å². The van der Waals surface area contributed by atoms with Gasteiger partial charge in [-0.15, -0.1) is 0 Å². The Labute approximate surface area is 117 Å². The molecule has 3 rings (SSSR count). The number of hydrogen-bond acceptors (Lipinski definition) is 4. The molecule has 2 heterocycles. The molecule has 2 atom stereocenters. The molecule has 1 aliphatic carbocycles. The van der Waals surface area contributed by atoms with Crippen LogP contribution in [0.3, 0.4) is 0 Å². The second-order valence-corrected chi connectivity index (χ2v) is 6.08. The van der Waals surface area contributed by atoms with E-state index in [0.717, 1.165) is 19.4 Å². The first-order valence-corrected chi connectivity index (χ1v) is 7.87. The number of carbonyl (C=O) groups excluding carboxylic acids is 1. The number of hydrogen-bond donors (Lipinski definition) is 1. The number of rotatable bonds is 4. The van der Waals surface area contributed by atoms with E-state index in [4.69, 9.17) is 4.74 Å². The lowest BCUT2D eigenvalue weighted by Crippen LogP contribution is -2.50. The van der Waals surface area contributed by atoms with E-state index in [1.165, 1.54) is 5.56 Å². The molecule has 2 fully saturated rings. The Bertz CT molecular complexity index is 442. The molecular formula is C14H20N2O2S. The van der Waals surface area contributed by atoms with Crippen LogP contribution in [0.2, 0.25) is 0 Å². The van der Waals surface area contributed by atoms with Crippen LogP contribution in [0.5, 0.6) is 0 Å². The molecule has 1 aromatic heterocycles. The van der Waals surface area contributed by atoms with Crippen LogP contribution in [0, 0.1) is 0 Å². The third-order valence-corrected chi connectivity index (χ3v) is 4.74. The Balaban J connectivity index is 1.72. The molecule has 19 heavy (non-hydrogen) atoms. The van der Waals surface area contributed by atoms with E-state index in [2.05, 4.69) is 22.1 Å². The lowest BCUT2D eigenvalue weighted by molar-refractivity contribution is -0.138. The highest BCUT2D eigenvalue weighted by Gasteiger charge is 2.46. The van der Waals surface area contributed by atoms with Crippen LogP contribution >= 0.6 is 11.3 Å². The number of thiophene rings is 1. The molecule has 1 N–H and O–H groups in total. The molecule has 104 valence electrons. The smallest absolute Gasteiger partial charge is 0.241 e. The summed E-state index contributed by atoms with van der Waals surface area (Å²) in [7, 11) is 0. The van der Waals surface area contributed by atoms with E-state index in [1.54, 1.807) is 11.3 Å². The Morgan fingerprint density at radius 1 is 1.53 bits per heavy atom. The summed E-state index contributed by atoms with van der Waals surface area (Å²) in [6.07, 6.45) is 2.31. The standard InChI is InChI=1S/C14H20N2O2S/c1-3-18-12-6-11(7-12)16-13(10-4-5-19-8-10)15-9(2)14(16)17/h4-5,8-9,11-13,15H,3,6-7H2,1-2H3. The number of amides is 1. The number of ether oxygens (including phenoxy) is 1. The van der Waals surface area contributed by atoms with Gasteiger partial charge in [-0.2, -0.15) is 11.3 Å². The maximum Gasteiger partial charge on any atom is 0.241 e. The van der Waals surface area contributed by atoms with Crippen LogP contribution in [0.1, 0.15) is 38.4 Å². The quantitative estimate of drug-likeness (QED) is 0.918. The predicted octanol–water partition coefficient (Wildman–Crippen LogP) is 2.13. The van der Waals surface area contributed by atoms with E-state index >= 15 is 0 Å². The van der Waals surface area contributed by atoms with Crippen molar-refractivity contribution in [2.75, 3.05) is 6.61 Å². The lowest BCUT2D eigenvalue weighted by Gasteiger charge is -2.43. The molecule has 1 saturated carbocycles. The zero-order chi connectivity index (χ0) is 13.4. The summed E-state index contributed by atoms with van der Waals surface area (Å²) < 4.78 is 5.60. The van der Waals surface area contributed by atoms with Crippen molar-refractivity contribution in [3.63, 3.8) is 0 Å². The normalized spacial score (nSPS) is 34.6. The highest BCUT2D eigenvalue weighted by Crippen LogP contribution is 2.37.